The largest absolute Gasteiger partial charge is 0.339 e. The molecular formula is C20H20FN9O. The van der Waals surface area contributed by atoms with Crippen molar-refractivity contribution in [2.75, 3.05) is 10.6 Å². The molecule has 0 bridgehead atoms. The number of fused-ring (bicyclic) bond motifs is 1. The van der Waals surface area contributed by atoms with E-state index in [9.17, 15) is 9.18 Å². The minimum atomic E-state index is -1.70. The summed E-state index contributed by atoms with van der Waals surface area (Å²) in [6.07, 6.45) is 6.50. The average Bonchev–Trinajstić information content (AvgIpc) is 3.14. The van der Waals surface area contributed by atoms with Gasteiger partial charge in [0.1, 0.15) is 18.0 Å². The van der Waals surface area contributed by atoms with Crippen LogP contribution in [0.25, 0.3) is 16.9 Å². The van der Waals surface area contributed by atoms with Gasteiger partial charge in [-0.2, -0.15) is 0 Å². The van der Waals surface area contributed by atoms with Crippen molar-refractivity contribution >= 4 is 28.9 Å². The first-order valence-electron chi connectivity index (χ1n) is 9.44. The predicted molar refractivity (Wildman–Crippen MR) is 113 cm³/mol. The molecule has 0 spiro atoms. The second-order valence-corrected chi connectivity index (χ2v) is 7.48. The molecule has 0 atom stereocenters. The van der Waals surface area contributed by atoms with E-state index in [0.29, 0.717) is 39.9 Å². The highest BCUT2D eigenvalue weighted by Gasteiger charge is 2.23. The number of rotatable bonds is 5. The normalized spacial score (nSPS) is 11.5. The predicted octanol–water partition coefficient (Wildman–Crippen LogP) is 3.19. The quantitative estimate of drug-likeness (QED) is 0.504. The third-order valence-corrected chi connectivity index (χ3v) is 4.31. The number of anilines is 3. The van der Waals surface area contributed by atoms with Crippen LogP contribution in [0.4, 0.5) is 21.7 Å². The van der Waals surface area contributed by atoms with Crippen LogP contribution in [0.1, 0.15) is 32.3 Å². The molecule has 4 aromatic rings. The van der Waals surface area contributed by atoms with Crippen LogP contribution in [-0.2, 0) is 10.5 Å². The molecule has 4 heterocycles. The highest BCUT2D eigenvalue weighted by Crippen LogP contribution is 2.31. The standard InChI is InChI=1S/C20H20FN9O/c1-11-5-17(28-19(25-11)20(3,4)21)27-14-6-16(26-12(2)31)23-7-13(14)15-9-30-10-24-29-18(30)8-22-15/h5-10H,1-4H3,(H2,23,25,26,27,28,31). The van der Waals surface area contributed by atoms with Crippen LogP contribution in [0.2, 0.25) is 0 Å². The van der Waals surface area contributed by atoms with Gasteiger partial charge in [-0.25, -0.2) is 19.3 Å². The van der Waals surface area contributed by atoms with Crippen LogP contribution in [0.3, 0.4) is 0 Å². The van der Waals surface area contributed by atoms with Crippen molar-refractivity contribution in [1.82, 2.24) is 34.5 Å². The van der Waals surface area contributed by atoms with Gasteiger partial charge in [-0.3, -0.25) is 14.2 Å². The summed E-state index contributed by atoms with van der Waals surface area (Å²) in [6, 6.07) is 3.36. The van der Waals surface area contributed by atoms with Gasteiger partial charge in [-0.1, -0.05) is 0 Å². The van der Waals surface area contributed by atoms with Crippen molar-refractivity contribution in [3.8, 4) is 11.3 Å². The van der Waals surface area contributed by atoms with Crippen LogP contribution in [-0.4, -0.2) is 40.4 Å². The molecule has 0 aliphatic carbocycles. The number of pyridine rings is 1. The van der Waals surface area contributed by atoms with E-state index in [1.54, 1.807) is 48.4 Å². The Labute approximate surface area is 177 Å². The molecule has 0 saturated heterocycles. The SMILES string of the molecule is CC(=O)Nc1cc(Nc2cc(C)nc(C(C)(C)F)n2)c(-c2cn3cnnc3cn2)cn1. The molecule has 0 aromatic carbocycles. The van der Waals surface area contributed by atoms with E-state index in [0.717, 1.165) is 0 Å². The fraction of sp³-hybridized carbons (Fsp3) is 0.250. The number of nitrogens with zero attached hydrogens (tertiary/aromatic N) is 7. The highest BCUT2D eigenvalue weighted by atomic mass is 19.1. The van der Waals surface area contributed by atoms with Gasteiger partial charge in [0.15, 0.2) is 17.1 Å². The van der Waals surface area contributed by atoms with Gasteiger partial charge in [0.25, 0.3) is 0 Å². The zero-order chi connectivity index (χ0) is 22.2. The second kappa shape index (κ2) is 7.67. The summed E-state index contributed by atoms with van der Waals surface area (Å²) in [7, 11) is 0. The van der Waals surface area contributed by atoms with Crippen LogP contribution < -0.4 is 10.6 Å². The van der Waals surface area contributed by atoms with Crippen molar-refractivity contribution in [3.05, 3.63) is 48.6 Å². The number of aryl methyl sites for hydroxylation is 1. The Hall–Kier alpha value is -4.02. The van der Waals surface area contributed by atoms with Gasteiger partial charge >= 0.3 is 0 Å². The minimum Gasteiger partial charge on any atom is -0.339 e. The van der Waals surface area contributed by atoms with Crippen molar-refractivity contribution < 1.29 is 9.18 Å². The Bertz CT molecular complexity index is 1280. The van der Waals surface area contributed by atoms with E-state index in [2.05, 4.69) is 40.8 Å². The Morgan fingerprint density at radius 2 is 1.94 bits per heavy atom. The monoisotopic (exact) mass is 421 g/mol. The molecule has 2 N–H and O–H groups in total. The summed E-state index contributed by atoms with van der Waals surface area (Å²) in [4.78, 5) is 28.7. The van der Waals surface area contributed by atoms with Crippen LogP contribution in [0, 0.1) is 6.92 Å². The Balaban J connectivity index is 1.81. The second-order valence-electron chi connectivity index (χ2n) is 7.48. The number of carbonyl (C=O) groups excluding carboxylic acids is 1. The maximum absolute atomic E-state index is 14.5. The summed E-state index contributed by atoms with van der Waals surface area (Å²) < 4.78 is 16.2. The van der Waals surface area contributed by atoms with Gasteiger partial charge in [-0.15, -0.1) is 10.2 Å². The fourth-order valence-electron chi connectivity index (χ4n) is 2.92. The molecule has 1 amide bonds. The van der Waals surface area contributed by atoms with Gasteiger partial charge in [0.2, 0.25) is 5.91 Å². The van der Waals surface area contributed by atoms with Gasteiger partial charge in [-0.05, 0) is 20.8 Å². The smallest absolute Gasteiger partial charge is 0.222 e. The zero-order valence-electron chi connectivity index (χ0n) is 17.4. The minimum absolute atomic E-state index is 0.0664. The molecule has 0 unspecified atom stereocenters. The van der Waals surface area contributed by atoms with Crippen molar-refractivity contribution in [3.63, 3.8) is 0 Å². The van der Waals surface area contributed by atoms with E-state index < -0.39 is 5.67 Å². The molecule has 4 rings (SSSR count). The van der Waals surface area contributed by atoms with Crippen molar-refractivity contribution in [2.24, 2.45) is 0 Å². The number of nitrogens with one attached hydrogen (secondary N) is 2. The number of hydrogen-bond acceptors (Lipinski definition) is 8. The third-order valence-electron chi connectivity index (χ3n) is 4.31. The number of hydrogen-bond donors (Lipinski definition) is 2. The summed E-state index contributed by atoms with van der Waals surface area (Å²) >= 11 is 0. The first-order chi connectivity index (χ1) is 14.7. The van der Waals surface area contributed by atoms with Gasteiger partial charge in [0.05, 0.1) is 17.6 Å². The molecule has 10 nitrogen and oxygen atoms in total. The highest BCUT2D eigenvalue weighted by molar-refractivity contribution is 5.89. The molecule has 0 aliphatic rings. The molecule has 0 radical (unpaired) electrons. The molecule has 11 heteroatoms. The maximum Gasteiger partial charge on any atom is 0.222 e. The van der Waals surface area contributed by atoms with E-state index in [1.807, 2.05) is 0 Å². The van der Waals surface area contributed by atoms with Crippen LogP contribution >= 0.6 is 0 Å². The zero-order valence-corrected chi connectivity index (χ0v) is 17.4. The van der Waals surface area contributed by atoms with Gasteiger partial charge < -0.3 is 10.6 Å². The van der Waals surface area contributed by atoms with Crippen LogP contribution in [0.5, 0.6) is 0 Å². The average molecular weight is 421 g/mol. The molecular weight excluding hydrogens is 401 g/mol. The lowest BCUT2D eigenvalue weighted by atomic mass is 10.1. The lowest BCUT2D eigenvalue weighted by Gasteiger charge is -2.17. The van der Waals surface area contributed by atoms with E-state index in [-0.39, 0.29) is 11.7 Å². The first-order valence-corrected chi connectivity index (χ1v) is 9.44. The summed E-state index contributed by atoms with van der Waals surface area (Å²) in [5.41, 5.74) is 1.31. The Morgan fingerprint density at radius 1 is 1.13 bits per heavy atom. The van der Waals surface area contributed by atoms with Crippen LogP contribution in [0.15, 0.2) is 37.1 Å². The number of alkyl halides is 1. The summed E-state index contributed by atoms with van der Waals surface area (Å²) in [6.45, 7) is 5.96. The molecule has 31 heavy (non-hydrogen) atoms. The Morgan fingerprint density at radius 3 is 2.68 bits per heavy atom. The lowest BCUT2D eigenvalue weighted by Crippen LogP contribution is -2.16. The number of carbonyl (C=O) groups is 1. The first kappa shape index (κ1) is 20.3. The number of amides is 1. The van der Waals surface area contributed by atoms with E-state index in [4.69, 9.17) is 0 Å². The van der Waals surface area contributed by atoms with Gasteiger partial charge in [0, 0.05) is 42.7 Å². The maximum atomic E-state index is 14.5. The van der Waals surface area contributed by atoms with Crippen molar-refractivity contribution in [2.45, 2.75) is 33.4 Å². The van der Waals surface area contributed by atoms with E-state index >= 15 is 0 Å². The topological polar surface area (TPSA) is 123 Å². The summed E-state index contributed by atoms with van der Waals surface area (Å²) in [5.74, 6) is 0.562. The third kappa shape index (κ3) is 4.44. The van der Waals surface area contributed by atoms with Crippen molar-refractivity contribution in [1.29, 1.82) is 0 Å². The molecule has 0 saturated carbocycles. The summed E-state index contributed by atoms with van der Waals surface area (Å²) in [5, 5.41) is 13.7. The molecule has 0 fully saturated rings. The fourth-order valence-corrected chi connectivity index (χ4v) is 2.92. The molecule has 4 aromatic heterocycles. The lowest BCUT2D eigenvalue weighted by molar-refractivity contribution is -0.114. The Kier molecular flexibility index (Phi) is 5.01. The van der Waals surface area contributed by atoms with E-state index in [1.165, 1.54) is 20.8 Å². The molecule has 158 valence electrons. The molecule has 0 aliphatic heterocycles. The number of halogens is 1. The number of aromatic nitrogens is 7.